The van der Waals surface area contributed by atoms with Gasteiger partial charge in [0.15, 0.2) is 11.0 Å². The molecule has 102 valence electrons. The van der Waals surface area contributed by atoms with Gasteiger partial charge >= 0.3 is 0 Å². The Labute approximate surface area is 118 Å². The highest BCUT2D eigenvalue weighted by molar-refractivity contribution is 8.00. The molecule has 0 atom stereocenters. The van der Waals surface area contributed by atoms with Crippen molar-refractivity contribution in [2.24, 2.45) is 7.05 Å². The lowest BCUT2D eigenvalue weighted by Crippen LogP contribution is -2.24. The van der Waals surface area contributed by atoms with Crippen LogP contribution in [0.3, 0.4) is 0 Å². The third-order valence-corrected chi connectivity index (χ3v) is 7.24. The molecule has 1 aromatic heterocycles. The number of benzene rings is 1. The van der Waals surface area contributed by atoms with Gasteiger partial charge in [-0.15, -0.1) is 10.2 Å². The monoisotopic (exact) mass is 295 g/mol. The quantitative estimate of drug-likeness (QED) is 0.638. The predicted octanol–water partition coefficient (Wildman–Crippen LogP) is 3.59. The Morgan fingerprint density at radius 2 is 1.89 bits per heavy atom. The Kier molecular flexibility index (Phi) is 4.10. The molecule has 6 heteroatoms. The van der Waals surface area contributed by atoms with Gasteiger partial charge in [-0.1, -0.05) is 43.5 Å². The molecular formula is C13H18FN3SSi. The van der Waals surface area contributed by atoms with Crippen LogP contribution in [0.25, 0.3) is 11.4 Å². The molecule has 2 aromatic rings. The van der Waals surface area contributed by atoms with E-state index >= 15 is 0 Å². The summed E-state index contributed by atoms with van der Waals surface area (Å²) in [6.45, 7) is 6.94. The number of hydrogen-bond acceptors (Lipinski definition) is 3. The minimum absolute atomic E-state index is 0.264. The van der Waals surface area contributed by atoms with Crippen molar-refractivity contribution in [3.63, 3.8) is 0 Å². The maximum absolute atomic E-state index is 13.8. The first-order valence-corrected chi connectivity index (χ1v) is 10.8. The van der Waals surface area contributed by atoms with E-state index in [2.05, 4.69) is 29.8 Å². The summed E-state index contributed by atoms with van der Waals surface area (Å²) in [4.78, 5) is 0. The van der Waals surface area contributed by atoms with Crippen molar-refractivity contribution in [1.29, 1.82) is 0 Å². The van der Waals surface area contributed by atoms with Crippen LogP contribution in [0.5, 0.6) is 0 Å². The zero-order valence-electron chi connectivity index (χ0n) is 11.6. The summed E-state index contributed by atoms with van der Waals surface area (Å²) in [6, 6.07) is 6.66. The van der Waals surface area contributed by atoms with E-state index in [1.54, 1.807) is 23.9 Å². The topological polar surface area (TPSA) is 30.7 Å². The molecule has 0 fully saturated rings. The Morgan fingerprint density at radius 1 is 1.21 bits per heavy atom. The lowest BCUT2D eigenvalue weighted by atomic mass is 10.2. The first-order chi connectivity index (χ1) is 8.88. The molecule has 2 rings (SSSR count). The molecule has 1 heterocycles. The van der Waals surface area contributed by atoms with Crippen molar-refractivity contribution in [2.75, 3.05) is 5.38 Å². The van der Waals surface area contributed by atoms with Crippen LogP contribution in [0.4, 0.5) is 4.39 Å². The third kappa shape index (κ3) is 3.45. The fourth-order valence-electron chi connectivity index (χ4n) is 1.60. The van der Waals surface area contributed by atoms with Gasteiger partial charge in [0.05, 0.1) is 13.6 Å². The summed E-state index contributed by atoms with van der Waals surface area (Å²) >= 11 is 1.70. The average molecular weight is 295 g/mol. The maximum atomic E-state index is 13.8. The van der Waals surface area contributed by atoms with Gasteiger partial charge in [0, 0.05) is 7.05 Å². The number of thioether (sulfide) groups is 1. The molecule has 0 saturated heterocycles. The van der Waals surface area contributed by atoms with Crippen LogP contribution in [-0.2, 0) is 7.05 Å². The van der Waals surface area contributed by atoms with Crippen LogP contribution in [0, 0.1) is 5.82 Å². The van der Waals surface area contributed by atoms with E-state index in [0.717, 1.165) is 10.5 Å². The Balaban J connectivity index is 2.26. The number of halogens is 1. The van der Waals surface area contributed by atoms with E-state index in [9.17, 15) is 4.39 Å². The zero-order chi connectivity index (χ0) is 14.0. The van der Waals surface area contributed by atoms with E-state index in [-0.39, 0.29) is 5.82 Å². The molecule has 0 bridgehead atoms. The third-order valence-electron chi connectivity index (χ3n) is 2.58. The van der Waals surface area contributed by atoms with Gasteiger partial charge in [-0.05, 0) is 17.5 Å². The molecule has 0 saturated carbocycles. The second-order valence-electron chi connectivity index (χ2n) is 5.69. The van der Waals surface area contributed by atoms with Crippen molar-refractivity contribution >= 4 is 19.8 Å². The standard InChI is InChI=1S/C13H18FN3SSi/c1-17-12(10-7-5-6-8-11(10)14)15-16-13(17)18-9-19(2,3)4/h5-8H,9H2,1-4H3. The summed E-state index contributed by atoms with van der Waals surface area (Å²) in [7, 11) is 0.747. The molecule has 0 N–H and O–H groups in total. The van der Waals surface area contributed by atoms with Crippen LogP contribution in [0.2, 0.25) is 19.6 Å². The SMILES string of the molecule is Cn1c(SC[Si](C)(C)C)nnc1-c1ccccc1F. The van der Waals surface area contributed by atoms with Crippen molar-refractivity contribution in [1.82, 2.24) is 14.8 Å². The minimum Gasteiger partial charge on any atom is -0.305 e. The smallest absolute Gasteiger partial charge is 0.190 e. The summed E-state index contributed by atoms with van der Waals surface area (Å²) in [6.07, 6.45) is 0. The van der Waals surface area contributed by atoms with Gasteiger partial charge in [-0.2, -0.15) is 0 Å². The normalized spacial score (nSPS) is 11.8. The molecule has 0 unspecified atom stereocenters. The molecule has 19 heavy (non-hydrogen) atoms. The van der Waals surface area contributed by atoms with Gasteiger partial charge in [0.1, 0.15) is 5.82 Å². The van der Waals surface area contributed by atoms with Crippen LogP contribution in [-0.4, -0.2) is 28.2 Å². The van der Waals surface area contributed by atoms with E-state index in [1.165, 1.54) is 6.07 Å². The van der Waals surface area contributed by atoms with Gasteiger partial charge in [0.2, 0.25) is 0 Å². The highest BCUT2D eigenvalue weighted by atomic mass is 32.2. The highest BCUT2D eigenvalue weighted by Crippen LogP contribution is 2.25. The molecule has 0 aliphatic carbocycles. The van der Waals surface area contributed by atoms with Crippen LogP contribution < -0.4 is 0 Å². The first kappa shape index (κ1) is 14.3. The molecule has 0 aliphatic rings. The predicted molar refractivity (Wildman–Crippen MR) is 80.5 cm³/mol. The lowest BCUT2D eigenvalue weighted by molar-refractivity contribution is 0.628. The molecule has 0 radical (unpaired) electrons. The Morgan fingerprint density at radius 3 is 2.53 bits per heavy atom. The van der Waals surface area contributed by atoms with Crippen molar-refractivity contribution in [3.8, 4) is 11.4 Å². The van der Waals surface area contributed by atoms with E-state index in [1.807, 2.05) is 17.7 Å². The van der Waals surface area contributed by atoms with Crippen molar-refractivity contribution in [3.05, 3.63) is 30.1 Å². The largest absolute Gasteiger partial charge is 0.305 e. The minimum atomic E-state index is -1.14. The fraction of sp³-hybridized carbons (Fsp3) is 0.385. The number of hydrogen-bond donors (Lipinski definition) is 0. The van der Waals surface area contributed by atoms with Gasteiger partial charge < -0.3 is 4.57 Å². The Bertz CT molecular complexity index is 578. The number of nitrogens with zero attached hydrogens (tertiary/aromatic N) is 3. The fourth-order valence-corrected chi connectivity index (χ4v) is 4.23. The summed E-state index contributed by atoms with van der Waals surface area (Å²) < 4.78 is 15.6. The van der Waals surface area contributed by atoms with E-state index in [0.29, 0.717) is 11.4 Å². The molecule has 0 amide bonds. The van der Waals surface area contributed by atoms with Crippen LogP contribution >= 0.6 is 11.8 Å². The second kappa shape index (κ2) is 5.46. The van der Waals surface area contributed by atoms with Crippen LogP contribution in [0.1, 0.15) is 0 Å². The number of rotatable bonds is 4. The lowest BCUT2D eigenvalue weighted by Gasteiger charge is -2.14. The molecule has 0 spiro atoms. The first-order valence-electron chi connectivity index (χ1n) is 6.15. The Hall–Kier alpha value is -1.14. The van der Waals surface area contributed by atoms with E-state index < -0.39 is 8.07 Å². The maximum Gasteiger partial charge on any atom is 0.190 e. The van der Waals surface area contributed by atoms with Gasteiger partial charge in [0.25, 0.3) is 0 Å². The molecule has 0 aliphatic heterocycles. The molecular weight excluding hydrogens is 277 g/mol. The van der Waals surface area contributed by atoms with Crippen molar-refractivity contribution < 1.29 is 4.39 Å². The van der Waals surface area contributed by atoms with E-state index in [4.69, 9.17) is 0 Å². The second-order valence-corrected chi connectivity index (χ2v) is 12.6. The van der Waals surface area contributed by atoms with Crippen molar-refractivity contribution in [2.45, 2.75) is 24.8 Å². The highest BCUT2D eigenvalue weighted by Gasteiger charge is 2.18. The molecule has 1 aromatic carbocycles. The van der Waals surface area contributed by atoms with Gasteiger partial charge in [-0.3, -0.25) is 0 Å². The molecule has 3 nitrogen and oxygen atoms in total. The summed E-state index contributed by atoms with van der Waals surface area (Å²) in [5.41, 5.74) is 0.498. The van der Waals surface area contributed by atoms with Crippen LogP contribution in [0.15, 0.2) is 29.4 Å². The number of aromatic nitrogens is 3. The average Bonchev–Trinajstić information content (AvgIpc) is 2.68. The summed E-state index contributed by atoms with van der Waals surface area (Å²) in [5, 5.41) is 10.2. The summed E-state index contributed by atoms with van der Waals surface area (Å²) in [5.74, 6) is 0.316. The van der Waals surface area contributed by atoms with Gasteiger partial charge in [-0.25, -0.2) is 4.39 Å². The zero-order valence-corrected chi connectivity index (χ0v) is 13.5.